The standard InChI is InChI=1S/C17H19N3S/c1-11-8-9-13-14(10-11)19-17(18-13)16(21)12-6-4-5-7-15(12)20(2)3/h4-10,16,21H,1-3H3,(H,18,19). The molecular weight excluding hydrogens is 278 g/mol. The largest absolute Gasteiger partial charge is 0.377 e. The molecule has 3 nitrogen and oxygen atoms in total. The minimum atomic E-state index is -0.0729. The number of benzene rings is 2. The molecule has 1 N–H and O–H groups in total. The number of aromatic amines is 1. The molecule has 0 saturated heterocycles. The van der Waals surface area contributed by atoms with E-state index in [0.29, 0.717) is 0 Å². The maximum atomic E-state index is 4.79. The Labute approximate surface area is 130 Å². The Hall–Kier alpha value is -1.94. The number of rotatable bonds is 3. The molecular formula is C17H19N3S. The molecule has 1 aromatic heterocycles. The number of imidazole rings is 1. The van der Waals surface area contributed by atoms with Gasteiger partial charge in [0.25, 0.3) is 0 Å². The van der Waals surface area contributed by atoms with Crippen LogP contribution in [0.15, 0.2) is 42.5 Å². The average molecular weight is 297 g/mol. The van der Waals surface area contributed by atoms with Gasteiger partial charge in [0, 0.05) is 19.8 Å². The van der Waals surface area contributed by atoms with Gasteiger partial charge in [0.15, 0.2) is 0 Å². The van der Waals surface area contributed by atoms with Crippen molar-refractivity contribution in [2.45, 2.75) is 12.2 Å². The lowest BCUT2D eigenvalue weighted by Crippen LogP contribution is -2.12. The fourth-order valence-corrected chi connectivity index (χ4v) is 2.89. The van der Waals surface area contributed by atoms with E-state index in [4.69, 9.17) is 12.6 Å². The maximum Gasteiger partial charge on any atom is 0.124 e. The molecule has 1 atom stereocenters. The molecule has 0 fully saturated rings. The van der Waals surface area contributed by atoms with Gasteiger partial charge in [-0.25, -0.2) is 4.98 Å². The van der Waals surface area contributed by atoms with Crippen LogP contribution in [0.4, 0.5) is 5.69 Å². The zero-order valence-electron chi connectivity index (χ0n) is 12.5. The first-order valence-electron chi connectivity index (χ1n) is 6.97. The summed E-state index contributed by atoms with van der Waals surface area (Å²) in [5, 5.41) is -0.0729. The summed E-state index contributed by atoms with van der Waals surface area (Å²) >= 11 is 4.79. The smallest absolute Gasteiger partial charge is 0.124 e. The molecule has 1 heterocycles. The van der Waals surface area contributed by atoms with Crippen LogP contribution in [0.2, 0.25) is 0 Å². The highest BCUT2D eigenvalue weighted by molar-refractivity contribution is 7.80. The predicted molar refractivity (Wildman–Crippen MR) is 92.4 cm³/mol. The lowest BCUT2D eigenvalue weighted by Gasteiger charge is -2.20. The quantitative estimate of drug-likeness (QED) is 0.717. The first kappa shape index (κ1) is 14.0. The molecule has 0 radical (unpaired) electrons. The maximum absolute atomic E-state index is 4.79. The molecule has 21 heavy (non-hydrogen) atoms. The summed E-state index contributed by atoms with van der Waals surface area (Å²) in [6.07, 6.45) is 0. The number of nitrogens with one attached hydrogen (secondary N) is 1. The number of thiol groups is 1. The first-order chi connectivity index (χ1) is 10.1. The summed E-state index contributed by atoms with van der Waals surface area (Å²) in [5.41, 5.74) is 5.58. The van der Waals surface area contributed by atoms with Gasteiger partial charge in [-0.3, -0.25) is 0 Å². The van der Waals surface area contributed by atoms with Crippen LogP contribution >= 0.6 is 12.6 Å². The Kier molecular flexibility index (Phi) is 3.64. The topological polar surface area (TPSA) is 31.9 Å². The lowest BCUT2D eigenvalue weighted by atomic mass is 10.1. The van der Waals surface area contributed by atoms with Gasteiger partial charge in [-0.1, -0.05) is 24.3 Å². The van der Waals surface area contributed by atoms with E-state index in [1.165, 1.54) is 5.56 Å². The molecule has 0 spiro atoms. The van der Waals surface area contributed by atoms with Crippen molar-refractivity contribution in [2.75, 3.05) is 19.0 Å². The number of anilines is 1. The molecule has 3 rings (SSSR count). The van der Waals surface area contributed by atoms with Gasteiger partial charge in [-0.2, -0.15) is 12.6 Å². The highest BCUT2D eigenvalue weighted by Gasteiger charge is 2.17. The SMILES string of the molecule is Cc1ccc2nc(C(S)c3ccccc3N(C)C)[nH]c2c1. The monoisotopic (exact) mass is 297 g/mol. The predicted octanol–water partition coefficient (Wildman–Crippen LogP) is 3.96. The number of aromatic nitrogens is 2. The van der Waals surface area contributed by atoms with E-state index in [1.54, 1.807) is 0 Å². The third-order valence-corrected chi connectivity index (χ3v) is 4.15. The fraction of sp³-hybridized carbons (Fsp3) is 0.235. The van der Waals surface area contributed by atoms with Crippen LogP contribution < -0.4 is 4.90 Å². The number of nitrogens with zero attached hydrogens (tertiary/aromatic N) is 2. The van der Waals surface area contributed by atoms with E-state index < -0.39 is 0 Å². The van der Waals surface area contributed by atoms with Crippen LogP contribution in [-0.4, -0.2) is 24.1 Å². The van der Waals surface area contributed by atoms with Crippen molar-refractivity contribution >= 4 is 29.3 Å². The van der Waals surface area contributed by atoms with Gasteiger partial charge in [-0.15, -0.1) is 0 Å². The summed E-state index contributed by atoms with van der Waals surface area (Å²) in [4.78, 5) is 10.2. The van der Waals surface area contributed by atoms with Gasteiger partial charge in [-0.05, 0) is 36.2 Å². The Morgan fingerprint density at radius 2 is 1.90 bits per heavy atom. The van der Waals surface area contributed by atoms with Crippen molar-refractivity contribution in [3.05, 3.63) is 59.4 Å². The average Bonchev–Trinajstić information content (AvgIpc) is 2.89. The number of hydrogen-bond acceptors (Lipinski definition) is 3. The van der Waals surface area contributed by atoms with Crippen LogP contribution in [0.1, 0.15) is 22.2 Å². The molecule has 1 unspecified atom stereocenters. The van der Waals surface area contributed by atoms with Crippen LogP contribution in [0.5, 0.6) is 0 Å². The minimum absolute atomic E-state index is 0.0729. The number of para-hydroxylation sites is 1. The second-order valence-electron chi connectivity index (χ2n) is 5.50. The number of fused-ring (bicyclic) bond motifs is 1. The molecule has 0 aliphatic rings. The third kappa shape index (κ3) is 2.63. The van der Waals surface area contributed by atoms with Gasteiger partial charge in [0.1, 0.15) is 5.82 Å². The van der Waals surface area contributed by atoms with Crippen molar-refractivity contribution in [2.24, 2.45) is 0 Å². The van der Waals surface area contributed by atoms with Crippen LogP contribution in [0.25, 0.3) is 11.0 Å². The van der Waals surface area contributed by atoms with Crippen molar-refractivity contribution in [1.82, 2.24) is 9.97 Å². The Balaban J connectivity index is 2.06. The van der Waals surface area contributed by atoms with Crippen molar-refractivity contribution in [1.29, 1.82) is 0 Å². The molecule has 0 aliphatic carbocycles. The molecule has 2 aromatic carbocycles. The number of aryl methyl sites for hydroxylation is 1. The molecule has 0 amide bonds. The van der Waals surface area contributed by atoms with Crippen LogP contribution in [0, 0.1) is 6.92 Å². The third-order valence-electron chi connectivity index (χ3n) is 3.63. The Morgan fingerprint density at radius 1 is 1.14 bits per heavy atom. The van der Waals surface area contributed by atoms with Crippen molar-refractivity contribution in [3.8, 4) is 0 Å². The zero-order chi connectivity index (χ0) is 15.0. The zero-order valence-corrected chi connectivity index (χ0v) is 13.4. The number of H-pyrrole nitrogens is 1. The molecule has 0 aliphatic heterocycles. The summed E-state index contributed by atoms with van der Waals surface area (Å²) in [6, 6.07) is 14.5. The van der Waals surface area contributed by atoms with E-state index >= 15 is 0 Å². The second kappa shape index (κ2) is 5.45. The van der Waals surface area contributed by atoms with E-state index in [9.17, 15) is 0 Å². The van der Waals surface area contributed by atoms with Crippen LogP contribution in [0.3, 0.4) is 0 Å². The highest BCUT2D eigenvalue weighted by atomic mass is 32.1. The molecule has 0 saturated carbocycles. The Morgan fingerprint density at radius 3 is 2.67 bits per heavy atom. The van der Waals surface area contributed by atoms with Gasteiger partial charge in [0.2, 0.25) is 0 Å². The normalized spacial score (nSPS) is 12.6. The summed E-state index contributed by atoms with van der Waals surface area (Å²) in [5.74, 6) is 0.883. The van der Waals surface area contributed by atoms with E-state index in [2.05, 4.69) is 46.1 Å². The minimum Gasteiger partial charge on any atom is -0.377 e. The lowest BCUT2D eigenvalue weighted by molar-refractivity contribution is 0.999. The van der Waals surface area contributed by atoms with Gasteiger partial charge < -0.3 is 9.88 Å². The molecule has 0 bridgehead atoms. The summed E-state index contributed by atoms with van der Waals surface area (Å²) in [7, 11) is 4.09. The number of hydrogen-bond donors (Lipinski definition) is 2. The highest BCUT2D eigenvalue weighted by Crippen LogP contribution is 2.33. The van der Waals surface area contributed by atoms with E-state index in [1.807, 2.05) is 32.3 Å². The van der Waals surface area contributed by atoms with Crippen molar-refractivity contribution in [3.63, 3.8) is 0 Å². The summed E-state index contributed by atoms with van der Waals surface area (Å²) < 4.78 is 0. The van der Waals surface area contributed by atoms with Crippen molar-refractivity contribution < 1.29 is 0 Å². The van der Waals surface area contributed by atoms with Gasteiger partial charge >= 0.3 is 0 Å². The van der Waals surface area contributed by atoms with Gasteiger partial charge in [0.05, 0.1) is 16.3 Å². The fourth-order valence-electron chi connectivity index (χ4n) is 2.55. The first-order valence-corrected chi connectivity index (χ1v) is 7.48. The molecule has 108 valence electrons. The Bertz CT molecular complexity index is 777. The second-order valence-corrected chi connectivity index (χ2v) is 6.01. The summed E-state index contributed by atoms with van der Waals surface area (Å²) in [6.45, 7) is 2.08. The van der Waals surface area contributed by atoms with E-state index in [-0.39, 0.29) is 5.25 Å². The van der Waals surface area contributed by atoms with Crippen LogP contribution in [-0.2, 0) is 0 Å². The molecule has 4 heteroatoms. The molecule has 3 aromatic rings. The van der Waals surface area contributed by atoms with E-state index in [0.717, 1.165) is 28.1 Å².